The van der Waals surface area contributed by atoms with E-state index >= 15 is 0 Å². The van der Waals surface area contributed by atoms with Crippen LogP contribution in [0.15, 0.2) is 47.4 Å². The van der Waals surface area contributed by atoms with Gasteiger partial charge >= 0.3 is 0 Å². The van der Waals surface area contributed by atoms with Crippen LogP contribution in [0.2, 0.25) is 0 Å². The second kappa shape index (κ2) is 8.96. The number of hydrogen-bond acceptors (Lipinski definition) is 6. The van der Waals surface area contributed by atoms with E-state index in [-0.39, 0.29) is 22.6 Å². The number of anilines is 1. The first kappa shape index (κ1) is 21.8. The fourth-order valence-electron chi connectivity index (χ4n) is 4.07. The molecule has 8 nitrogen and oxygen atoms in total. The maximum atomic E-state index is 12.7. The number of nitrogens with zero attached hydrogens (tertiary/aromatic N) is 1. The Morgan fingerprint density at radius 2 is 1.77 bits per heavy atom. The molecule has 2 atom stereocenters. The van der Waals surface area contributed by atoms with E-state index in [0.717, 1.165) is 30.4 Å². The molecule has 0 radical (unpaired) electrons. The van der Waals surface area contributed by atoms with E-state index in [1.165, 1.54) is 16.4 Å². The number of amides is 1. The van der Waals surface area contributed by atoms with E-state index in [2.05, 4.69) is 16.2 Å². The molecule has 0 bridgehead atoms. The van der Waals surface area contributed by atoms with Crippen LogP contribution in [0.25, 0.3) is 0 Å². The minimum Gasteiger partial charge on any atom is -0.508 e. The van der Waals surface area contributed by atoms with Crippen LogP contribution in [0.1, 0.15) is 42.9 Å². The average Bonchev–Trinajstić information content (AvgIpc) is 3.25. The Kier molecular flexibility index (Phi) is 6.29. The molecule has 31 heavy (non-hydrogen) atoms. The predicted octanol–water partition coefficient (Wildman–Crippen LogP) is 2.42. The molecule has 2 aromatic carbocycles. The molecule has 2 aliphatic rings. The lowest BCUT2D eigenvalue weighted by Gasteiger charge is -2.25. The fraction of sp³-hybridized carbons (Fsp3) is 0.409. The van der Waals surface area contributed by atoms with Gasteiger partial charge in [-0.05, 0) is 62.1 Å². The number of aromatic hydroxyl groups is 1. The third-order valence-electron chi connectivity index (χ3n) is 5.86. The summed E-state index contributed by atoms with van der Waals surface area (Å²) in [6.07, 6.45) is 3.31. The van der Waals surface area contributed by atoms with Gasteiger partial charge in [-0.25, -0.2) is 19.3 Å². The summed E-state index contributed by atoms with van der Waals surface area (Å²) < 4.78 is 27.0. The lowest BCUT2D eigenvalue weighted by molar-refractivity contribution is -0.117. The Balaban J connectivity index is 1.38. The van der Waals surface area contributed by atoms with Crippen LogP contribution < -0.4 is 16.2 Å². The van der Waals surface area contributed by atoms with Crippen molar-refractivity contribution in [2.24, 2.45) is 0 Å². The largest absolute Gasteiger partial charge is 0.508 e. The molecule has 2 unspecified atom stereocenters. The van der Waals surface area contributed by atoms with Gasteiger partial charge in [-0.1, -0.05) is 18.6 Å². The van der Waals surface area contributed by atoms with Gasteiger partial charge in [-0.3, -0.25) is 4.79 Å². The quantitative estimate of drug-likeness (QED) is 0.564. The lowest BCUT2D eigenvalue weighted by Crippen LogP contribution is -2.39. The molecule has 2 aliphatic heterocycles. The van der Waals surface area contributed by atoms with Gasteiger partial charge in [0.15, 0.2) is 0 Å². The number of hydrogen-bond donors (Lipinski definition) is 4. The predicted molar refractivity (Wildman–Crippen MR) is 118 cm³/mol. The van der Waals surface area contributed by atoms with Gasteiger partial charge in [0.05, 0.1) is 10.9 Å². The molecule has 9 heteroatoms. The number of phenolic OH excluding ortho intramolecular Hbond substituents is 1. The molecule has 0 aliphatic carbocycles. The van der Waals surface area contributed by atoms with Gasteiger partial charge in [-0.15, -0.1) is 0 Å². The normalized spacial score (nSPS) is 22.4. The summed E-state index contributed by atoms with van der Waals surface area (Å²) in [6.45, 7) is 3.01. The summed E-state index contributed by atoms with van der Waals surface area (Å²) in [6, 6.07) is 11.1. The summed E-state index contributed by atoms with van der Waals surface area (Å²) in [7, 11) is -3.49. The molecule has 0 saturated carbocycles. The Hall–Kier alpha value is -2.46. The first-order valence-electron chi connectivity index (χ1n) is 10.6. The first-order valence-corrected chi connectivity index (χ1v) is 12.0. The maximum absolute atomic E-state index is 12.7. The van der Waals surface area contributed by atoms with Crippen molar-refractivity contribution in [2.45, 2.75) is 49.6 Å². The number of carbonyl (C=O) groups is 1. The summed E-state index contributed by atoms with van der Waals surface area (Å²) in [5.41, 5.74) is 8.26. The highest BCUT2D eigenvalue weighted by Crippen LogP contribution is 2.30. The van der Waals surface area contributed by atoms with Crippen molar-refractivity contribution in [1.29, 1.82) is 0 Å². The number of piperidine rings is 1. The number of phenols is 1. The highest BCUT2D eigenvalue weighted by molar-refractivity contribution is 7.89. The van der Waals surface area contributed by atoms with E-state index in [1.807, 2.05) is 19.1 Å². The summed E-state index contributed by atoms with van der Waals surface area (Å²) in [5, 5.41) is 13.0. The van der Waals surface area contributed by atoms with Crippen molar-refractivity contribution in [1.82, 2.24) is 15.2 Å². The molecule has 2 heterocycles. The van der Waals surface area contributed by atoms with Crippen molar-refractivity contribution >= 4 is 21.6 Å². The number of rotatable bonds is 5. The number of sulfonamides is 1. The monoisotopic (exact) mass is 444 g/mol. The SMILES string of the molecule is Cc1ccc(C2CC(C(=O)Nc3ccc(S(=O)(=O)N4CCCCC4)cc3)NN2)c(O)c1. The Bertz CT molecular complexity index is 1050. The molecule has 2 fully saturated rings. The van der Waals surface area contributed by atoms with E-state index < -0.39 is 16.1 Å². The van der Waals surface area contributed by atoms with Crippen molar-refractivity contribution < 1.29 is 18.3 Å². The van der Waals surface area contributed by atoms with Crippen molar-refractivity contribution in [3.63, 3.8) is 0 Å². The molecule has 1 amide bonds. The second-order valence-electron chi connectivity index (χ2n) is 8.17. The van der Waals surface area contributed by atoms with E-state index in [4.69, 9.17) is 0 Å². The molecule has 0 aromatic heterocycles. The molecular formula is C22H28N4O4S. The number of nitrogens with one attached hydrogen (secondary N) is 3. The van der Waals surface area contributed by atoms with Crippen LogP contribution in [0.4, 0.5) is 5.69 Å². The van der Waals surface area contributed by atoms with Gasteiger partial charge in [0.1, 0.15) is 11.8 Å². The van der Waals surface area contributed by atoms with Crippen LogP contribution >= 0.6 is 0 Å². The summed E-state index contributed by atoms with van der Waals surface area (Å²) in [5.74, 6) is -0.0286. The molecule has 166 valence electrons. The average molecular weight is 445 g/mol. The zero-order chi connectivity index (χ0) is 22.0. The van der Waals surface area contributed by atoms with Gasteiger partial charge in [0.2, 0.25) is 15.9 Å². The molecule has 4 rings (SSSR count). The van der Waals surface area contributed by atoms with Crippen LogP contribution in [-0.2, 0) is 14.8 Å². The molecule has 2 saturated heterocycles. The third kappa shape index (κ3) is 4.74. The van der Waals surface area contributed by atoms with Crippen LogP contribution in [0.3, 0.4) is 0 Å². The van der Waals surface area contributed by atoms with Crippen LogP contribution in [-0.4, -0.2) is 42.9 Å². The van der Waals surface area contributed by atoms with Crippen LogP contribution in [0, 0.1) is 6.92 Å². The zero-order valence-corrected chi connectivity index (χ0v) is 18.3. The molecule has 4 N–H and O–H groups in total. The van der Waals surface area contributed by atoms with Gasteiger partial charge < -0.3 is 10.4 Å². The molecule has 2 aromatic rings. The van der Waals surface area contributed by atoms with E-state index in [9.17, 15) is 18.3 Å². The first-order chi connectivity index (χ1) is 14.8. The van der Waals surface area contributed by atoms with Crippen molar-refractivity contribution in [3.05, 3.63) is 53.6 Å². The summed E-state index contributed by atoms with van der Waals surface area (Å²) in [4.78, 5) is 12.9. The minimum atomic E-state index is -3.49. The number of aryl methyl sites for hydroxylation is 1. The van der Waals surface area contributed by atoms with E-state index in [1.54, 1.807) is 18.2 Å². The molecule has 0 spiro atoms. The van der Waals surface area contributed by atoms with Crippen LogP contribution in [0.5, 0.6) is 5.75 Å². The number of hydrazine groups is 1. The Labute approximate surface area is 182 Å². The topological polar surface area (TPSA) is 111 Å². The minimum absolute atomic E-state index is 0.187. The Morgan fingerprint density at radius 1 is 1.06 bits per heavy atom. The number of carbonyl (C=O) groups excluding carboxylic acids is 1. The van der Waals surface area contributed by atoms with Crippen molar-refractivity contribution in [2.75, 3.05) is 18.4 Å². The summed E-state index contributed by atoms with van der Waals surface area (Å²) >= 11 is 0. The number of benzene rings is 2. The van der Waals surface area contributed by atoms with Gasteiger partial charge in [0, 0.05) is 24.3 Å². The highest BCUT2D eigenvalue weighted by atomic mass is 32.2. The molecular weight excluding hydrogens is 416 g/mol. The van der Waals surface area contributed by atoms with Gasteiger partial charge in [-0.2, -0.15) is 4.31 Å². The second-order valence-corrected chi connectivity index (χ2v) is 10.1. The highest BCUT2D eigenvalue weighted by Gasteiger charge is 2.31. The zero-order valence-electron chi connectivity index (χ0n) is 17.5. The fourth-order valence-corrected chi connectivity index (χ4v) is 5.59. The van der Waals surface area contributed by atoms with Crippen molar-refractivity contribution in [3.8, 4) is 5.75 Å². The Morgan fingerprint density at radius 3 is 2.45 bits per heavy atom. The lowest BCUT2D eigenvalue weighted by atomic mass is 9.99. The maximum Gasteiger partial charge on any atom is 0.243 e. The van der Waals surface area contributed by atoms with Gasteiger partial charge in [0.25, 0.3) is 0 Å². The standard InChI is InChI=1S/C22H28N4O4S/c1-15-5-10-18(21(27)13-15)19-14-20(25-24-19)22(28)23-16-6-8-17(9-7-16)31(29,30)26-11-3-2-4-12-26/h5-10,13,19-20,24-25,27H,2-4,11-12,14H2,1H3,(H,23,28). The third-order valence-corrected chi connectivity index (χ3v) is 7.77. The van der Waals surface area contributed by atoms with E-state index in [0.29, 0.717) is 25.2 Å². The smallest absolute Gasteiger partial charge is 0.243 e.